The number of nitrogens with one attached hydrogen (secondary N) is 1. The smallest absolute Gasteiger partial charge is 0.112 e. The van der Waals surface area contributed by atoms with Gasteiger partial charge in [-0.25, -0.2) is 4.98 Å². The summed E-state index contributed by atoms with van der Waals surface area (Å²) in [6.07, 6.45) is 4.05. The Morgan fingerprint density at radius 1 is 1.44 bits per heavy atom. The Labute approximate surface area is 109 Å². The normalized spacial score (nSPS) is 19.3. The molecule has 0 radical (unpaired) electrons. The van der Waals surface area contributed by atoms with E-state index in [1.54, 1.807) is 0 Å². The highest BCUT2D eigenvalue weighted by atomic mass is 16.5. The molecule has 1 aromatic heterocycles. The number of nitrogens with zero attached hydrogens (tertiary/aromatic N) is 2. The standard InChI is InChI=1S/C14H23N3O/c1-10(2)18-8-7-17-13-5-6-15-9-12(13)16-14(17)11-3-4-11/h10-11,15H,3-9H2,1-2H3. The molecule has 1 aromatic rings. The van der Waals surface area contributed by atoms with Gasteiger partial charge in [-0.05, 0) is 26.7 Å². The summed E-state index contributed by atoms with van der Waals surface area (Å²) in [5.74, 6) is 2.03. The first-order chi connectivity index (χ1) is 8.75. The third kappa shape index (κ3) is 2.45. The maximum absolute atomic E-state index is 5.70. The van der Waals surface area contributed by atoms with E-state index in [1.807, 2.05) is 0 Å². The molecule has 0 spiro atoms. The van der Waals surface area contributed by atoms with Gasteiger partial charge in [0.25, 0.3) is 0 Å². The minimum absolute atomic E-state index is 0.315. The second-order valence-electron chi connectivity index (χ2n) is 5.64. The Balaban J connectivity index is 1.78. The van der Waals surface area contributed by atoms with E-state index in [0.29, 0.717) is 6.10 Å². The van der Waals surface area contributed by atoms with Crippen LogP contribution in [0.2, 0.25) is 0 Å². The predicted molar refractivity (Wildman–Crippen MR) is 70.7 cm³/mol. The molecule has 4 nitrogen and oxygen atoms in total. The highest BCUT2D eigenvalue weighted by Gasteiger charge is 2.31. The first-order valence-corrected chi connectivity index (χ1v) is 7.16. The monoisotopic (exact) mass is 249 g/mol. The van der Waals surface area contributed by atoms with Gasteiger partial charge in [0.1, 0.15) is 5.82 Å². The van der Waals surface area contributed by atoms with Crippen molar-refractivity contribution in [1.29, 1.82) is 0 Å². The molecular formula is C14H23N3O. The summed E-state index contributed by atoms with van der Waals surface area (Å²) in [6.45, 7) is 7.96. The lowest BCUT2D eigenvalue weighted by atomic mass is 10.2. The molecular weight excluding hydrogens is 226 g/mol. The summed E-state index contributed by atoms with van der Waals surface area (Å²) in [7, 11) is 0. The first kappa shape index (κ1) is 12.2. The second-order valence-corrected chi connectivity index (χ2v) is 5.64. The van der Waals surface area contributed by atoms with Gasteiger partial charge in [0.15, 0.2) is 0 Å². The van der Waals surface area contributed by atoms with E-state index in [4.69, 9.17) is 9.72 Å². The molecule has 3 rings (SSSR count). The summed E-state index contributed by atoms with van der Waals surface area (Å²) in [4.78, 5) is 4.86. The topological polar surface area (TPSA) is 39.1 Å². The quantitative estimate of drug-likeness (QED) is 0.865. The lowest BCUT2D eigenvalue weighted by molar-refractivity contribution is 0.0719. The van der Waals surface area contributed by atoms with Crippen molar-refractivity contribution in [2.45, 2.75) is 58.2 Å². The lowest BCUT2D eigenvalue weighted by Gasteiger charge is -2.17. The van der Waals surface area contributed by atoms with Gasteiger partial charge in [0, 0.05) is 37.7 Å². The molecule has 4 heteroatoms. The third-order valence-electron chi connectivity index (χ3n) is 3.72. The minimum Gasteiger partial charge on any atom is -0.377 e. The average Bonchev–Trinajstić information content (AvgIpc) is 3.13. The average molecular weight is 249 g/mol. The summed E-state index contributed by atoms with van der Waals surface area (Å²) in [5.41, 5.74) is 2.72. The largest absolute Gasteiger partial charge is 0.377 e. The van der Waals surface area contributed by atoms with Crippen LogP contribution in [0, 0.1) is 0 Å². The Kier molecular flexibility index (Phi) is 3.39. The van der Waals surface area contributed by atoms with Crippen molar-refractivity contribution in [3.8, 4) is 0 Å². The Hall–Kier alpha value is -0.870. The molecule has 1 N–H and O–H groups in total. The highest BCUT2D eigenvalue weighted by Crippen LogP contribution is 2.40. The zero-order valence-electron chi connectivity index (χ0n) is 11.4. The molecule has 1 aliphatic carbocycles. The van der Waals surface area contributed by atoms with Crippen molar-refractivity contribution in [1.82, 2.24) is 14.9 Å². The van der Waals surface area contributed by atoms with Crippen LogP contribution >= 0.6 is 0 Å². The maximum Gasteiger partial charge on any atom is 0.112 e. The number of rotatable bonds is 5. The molecule has 2 aliphatic rings. The fourth-order valence-electron chi connectivity index (χ4n) is 2.67. The van der Waals surface area contributed by atoms with E-state index in [1.165, 1.54) is 30.1 Å². The van der Waals surface area contributed by atoms with Gasteiger partial charge in [0.2, 0.25) is 0 Å². The molecule has 0 saturated heterocycles. The van der Waals surface area contributed by atoms with Gasteiger partial charge < -0.3 is 14.6 Å². The highest BCUT2D eigenvalue weighted by molar-refractivity contribution is 5.24. The van der Waals surface area contributed by atoms with Crippen molar-refractivity contribution >= 4 is 0 Å². The van der Waals surface area contributed by atoms with Crippen molar-refractivity contribution in [2.24, 2.45) is 0 Å². The molecule has 18 heavy (non-hydrogen) atoms. The van der Waals surface area contributed by atoms with Crippen LogP contribution in [0.3, 0.4) is 0 Å². The van der Waals surface area contributed by atoms with Crippen LogP contribution in [0.5, 0.6) is 0 Å². The summed E-state index contributed by atoms with van der Waals surface area (Å²) >= 11 is 0. The lowest BCUT2D eigenvalue weighted by Crippen LogP contribution is -2.25. The van der Waals surface area contributed by atoms with Crippen LogP contribution in [0.1, 0.15) is 49.8 Å². The van der Waals surface area contributed by atoms with Crippen LogP contribution in [-0.2, 0) is 24.2 Å². The van der Waals surface area contributed by atoms with Gasteiger partial charge in [-0.3, -0.25) is 0 Å². The van der Waals surface area contributed by atoms with Gasteiger partial charge >= 0.3 is 0 Å². The predicted octanol–water partition coefficient (Wildman–Crippen LogP) is 1.83. The molecule has 0 bridgehead atoms. The molecule has 100 valence electrons. The molecule has 1 saturated carbocycles. The van der Waals surface area contributed by atoms with Crippen LogP contribution in [0.25, 0.3) is 0 Å². The van der Waals surface area contributed by atoms with Gasteiger partial charge in [-0.2, -0.15) is 0 Å². The molecule has 1 aliphatic heterocycles. The van der Waals surface area contributed by atoms with E-state index in [2.05, 4.69) is 23.7 Å². The SMILES string of the molecule is CC(C)OCCn1c(C2CC2)nc2c1CCNC2. The fraction of sp³-hybridized carbons (Fsp3) is 0.786. The van der Waals surface area contributed by atoms with Gasteiger partial charge in [-0.1, -0.05) is 0 Å². The minimum atomic E-state index is 0.315. The molecule has 0 atom stereocenters. The van der Waals surface area contributed by atoms with Gasteiger partial charge in [-0.15, -0.1) is 0 Å². The van der Waals surface area contributed by atoms with Crippen LogP contribution in [-0.4, -0.2) is 28.8 Å². The Bertz CT molecular complexity index is 421. The molecule has 2 heterocycles. The Morgan fingerprint density at radius 3 is 3.00 bits per heavy atom. The first-order valence-electron chi connectivity index (χ1n) is 7.16. The van der Waals surface area contributed by atoms with E-state index in [-0.39, 0.29) is 0 Å². The fourth-order valence-corrected chi connectivity index (χ4v) is 2.67. The maximum atomic E-state index is 5.70. The number of hydrogen-bond acceptors (Lipinski definition) is 3. The Morgan fingerprint density at radius 2 is 2.28 bits per heavy atom. The zero-order valence-corrected chi connectivity index (χ0v) is 11.4. The number of ether oxygens (including phenoxy) is 1. The van der Waals surface area contributed by atoms with Gasteiger partial charge in [0.05, 0.1) is 18.4 Å². The van der Waals surface area contributed by atoms with E-state index >= 15 is 0 Å². The number of imidazole rings is 1. The van der Waals surface area contributed by atoms with Crippen molar-refractivity contribution in [2.75, 3.05) is 13.2 Å². The van der Waals surface area contributed by atoms with Crippen LogP contribution in [0.15, 0.2) is 0 Å². The summed E-state index contributed by atoms with van der Waals surface area (Å²) in [5, 5.41) is 3.41. The van der Waals surface area contributed by atoms with E-state index < -0.39 is 0 Å². The van der Waals surface area contributed by atoms with Crippen LogP contribution < -0.4 is 5.32 Å². The number of hydrogen-bond donors (Lipinski definition) is 1. The molecule has 0 aromatic carbocycles. The second kappa shape index (κ2) is 5.02. The summed E-state index contributed by atoms with van der Waals surface area (Å²) < 4.78 is 8.14. The zero-order chi connectivity index (χ0) is 12.5. The van der Waals surface area contributed by atoms with Crippen molar-refractivity contribution in [3.05, 3.63) is 17.2 Å². The number of fused-ring (bicyclic) bond motifs is 1. The van der Waals surface area contributed by atoms with E-state index in [0.717, 1.165) is 38.6 Å². The van der Waals surface area contributed by atoms with Crippen LogP contribution in [0.4, 0.5) is 0 Å². The molecule has 1 fully saturated rings. The molecule has 0 unspecified atom stereocenters. The molecule has 0 amide bonds. The van der Waals surface area contributed by atoms with E-state index in [9.17, 15) is 0 Å². The number of aromatic nitrogens is 2. The summed E-state index contributed by atoms with van der Waals surface area (Å²) in [6, 6.07) is 0. The van der Waals surface area contributed by atoms with Crippen molar-refractivity contribution < 1.29 is 4.74 Å². The van der Waals surface area contributed by atoms with Crippen molar-refractivity contribution in [3.63, 3.8) is 0 Å². The third-order valence-corrected chi connectivity index (χ3v) is 3.72.